The van der Waals surface area contributed by atoms with Crippen LogP contribution in [0.15, 0.2) is 6.07 Å². The van der Waals surface area contributed by atoms with Crippen LogP contribution in [0.25, 0.3) is 10.2 Å². The van der Waals surface area contributed by atoms with E-state index in [2.05, 4.69) is 40.5 Å². The summed E-state index contributed by atoms with van der Waals surface area (Å²) in [4.78, 5) is 11.4. The van der Waals surface area contributed by atoms with Crippen LogP contribution in [-0.2, 0) is 0 Å². The van der Waals surface area contributed by atoms with Crippen molar-refractivity contribution in [2.75, 3.05) is 24.2 Å². The van der Waals surface area contributed by atoms with E-state index in [1.165, 1.54) is 24.1 Å². The number of thiophene rings is 1. The van der Waals surface area contributed by atoms with Gasteiger partial charge < -0.3 is 10.6 Å². The van der Waals surface area contributed by atoms with Crippen molar-refractivity contribution < 1.29 is 0 Å². The van der Waals surface area contributed by atoms with E-state index < -0.39 is 0 Å². The Hall–Kier alpha value is -1.36. The number of aryl methyl sites for hydroxylation is 1. The number of nitrogens with zero attached hydrogens (tertiary/aromatic N) is 2. The zero-order valence-electron chi connectivity index (χ0n) is 12.4. The summed E-state index contributed by atoms with van der Waals surface area (Å²) in [6.07, 6.45) is 4.04. The molecule has 2 aromatic heterocycles. The Kier molecular flexibility index (Phi) is 3.78. The topological polar surface area (TPSA) is 49.8 Å². The maximum atomic E-state index is 4.59. The Labute approximate surface area is 124 Å². The average Bonchev–Trinajstić information content (AvgIpc) is 3.00. The van der Waals surface area contributed by atoms with Crippen LogP contribution in [0.2, 0.25) is 0 Å². The van der Waals surface area contributed by atoms with E-state index in [-0.39, 0.29) is 0 Å². The lowest BCUT2D eigenvalue weighted by Crippen LogP contribution is -2.13. The van der Waals surface area contributed by atoms with E-state index in [4.69, 9.17) is 0 Å². The van der Waals surface area contributed by atoms with Gasteiger partial charge in [0.05, 0.1) is 5.39 Å². The first-order chi connectivity index (χ1) is 9.65. The van der Waals surface area contributed by atoms with E-state index in [1.807, 2.05) is 7.05 Å². The van der Waals surface area contributed by atoms with Gasteiger partial charge >= 0.3 is 0 Å². The molecule has 1 saturated carbocycles. The van der Waals surface area contributed by atoms with Crippen molar-refractivity contribution in [3.63, 3.8) is 0 Å². The highest BCUT2D eigenvalue weighted by molar-refractivity contribution is 7.18. The predicted octanol–water partition coefficient (Wildman–Crippen LogP) is 3.89. The Morgan fingerprint density at radius 2 is 2.20 bits per heavy atom. The predicted molar refractivity (Wildman–Crippen MR) is 86.7 cm³/mol. The molecule has 0 bridgehead atoms. The normalized spacial score (nSPS) is 22.4. The Morgan fingerprint density at radius 3 is 2.90 bits per heavy atom. The molecule has 2 unspecified atom stereocenters. The third kappa shape index (κ3) is 2.73. The van der Waals surface area contributed by atoms with Gasteiger partial charge in [-0.25, -0.2) is 4.98 Å². The van der Waals surface area contributed by atoms with Gasteiger partial charge in [-0.3, -0.25) is 0 Å². The van der Waals surface area contributed by atoms with E-state index in [1.54, 1.807) is 11.3 Å². The monoisotopic (exact) mass is 290 g/mol. The average molecular weight is 290 g/mol. The summed E-state index contributed by atoms with van der Waals surface area (Å²) >= 11 is 1.72. The van der Waals surface area contributed by atoms with Gasteiger partial charge in [-0.1, -0.05) is 13.3 Å². The van der Waals surface area contributed by atoms with Crippen LogP contribution in [0.5, 0.6) is 0 Å². The Balaban J connectivity index is 1.82. The highest BCUT2D eigenvalue weighted by Gasteiger charge is 2.21. The van der Waals surface area contributed by atoms with Crippen molar-refractivity contribution in [1.29, 1.82) is 0 Å². The number of hydrogen-bond acceptors (Lipinski definition) is 5. The van der Waals surface area contributed by atoms with Crippen LogP contribution in [0, 0.1) is 18.8 Å². The number of anilines is 2. The van der Waals surface area contributed by atoms with Gasteiger partial charge in [-0.2, -0.15) is 4.98 Å². The van der Waals surface area contributed by atoms with E-state index >= 15 is 0 Å². The molecule has 2 heterocycles. The van der Waals surface area contributed by atoms with Crippen molar-refractivity contribution >= 4 is 33.3 Å². The second-order valence-electron chi connectivity index (χ2n) is 5.89. The van der Waals surface area contributed by atoms with Crippen molar-refractivity contribution in [2.24, 2.45) is 11.8 Å². The Bertz CT molecular complexity index is 607. The van der Waals surface area contributed by atoms with E-state index in [0.717, 1.165) is 34.4 Å². The molecule has 2 atom stereocenters. The number of rotatable bonds is 4. The molecule has 1 fully saturated rings. The molecule has 1 aliphatic carbocycles. The molecule has 1 aliphatic rings. The molecule has 0 aromatic carbocycles. The largest absolute Gasteiger partial charge is 0.369 e. The van der Waals surface area contributed by atoms with Gasteiger partial charge in [0, 0.05) is 18.5 Å². The zero-order valence-corrected chi connectivity index (χ0v) is 13.2. The first-order valence-corrected chi connectivity index (χ1v) is 8.17. The molecular weight excluding hydrogens is 268 g/mol. The van der Waals surface area contributed by atoms with Crippen LogP contribution in [-0.4, -0.2) is 23.6 Å². The zero-order chi connectivity index (χ0) is 14.1. The third-order valence-corrected chi connectivity index (χ3v) is 5.05. The van der Waals surface area contributed by atoms with Gasteiger partial charge in [0.25, 0.3) is 0 Å². The molecule has 0 saturated heterocycles. The van der Waals surface area contributed by atoms with Crippen molar-refractivity contribution in [3.05, 3.63) is 10.9 Å². The smallest absolute Gasteiger partial charge is 0.225 e. The molecule has 0 radical (unpaired) electrons. The van der Waals surface area contributed by atoms with Crippen LogP contribution in [0.1, 0.15) is 31.1 Å². The molecule has 2 aromatic rings. The summed E-state index contributed by atoms with van der Waals surface area (Å²) in [5.41, 5.74) is 0. The van der Waals surface area contributed by atoms with Crippen molar-refractivity contribution in [2.45, 2.75) is 33.1 Å². The standard InChI is InChI=1S/C15H22N4S/c1-9-4-5-11(6-9)8-17-13-12-7-10(2)20-14(12)19-15(16-3)18-13/h7,9,11H,4-6,8H2,1-3H3,(H2,16,17,18,19). The van der Waals surface area contributed by atoms with Crippen molar-refractivity contribution in [1.82, 2.24) is 9.97 Å². The summed E-state index contributed by atoms with van der Waals surface area (Å²) in [6.45, 7) is 5.49. The molecule has 0 aliphatic heterocycles. The molecular formula is C15H22N4S. The van der Waals surface area contributed by atoms with Crippen molar-refractivity contribution in [3.8, 4) is 0 Å². The van der Waals surface area contributed by atoms with Gasteiger partial charge in [-0.05, 0) is 37.7 Å². The Morgan fingerprint density at radius 1 is 1.35 bits per heavy atom. The minimum Gasteiger partial charge on any atom is -0.369 e. The maximum absolute atomic E-state index is 4.59. The summed E-state index contributed by atoms with van der Waals surface area (Å²) in [5.74, 6) is 3.33. The summed E-state index contributed by atoms with van der Waals surface area (Å²) in [7, 11) is 1.87. The second kappa shape index (κ2) is 5.56. The highest BCUT2D eigenvalue weighted by atomic mass is 32.1. The fourth-order valence-corrected chi connectivity index (χ4v) is 3.92. The number of nitrogens with one attached hydrogen (secondary N) is 2. The maximum Gasteiger partial charge on any atom is 0.225 e. The lowest BCUT2D eigenvalue weighted by Gasteiger charge is -2.13. The fraction of sp³-hybridized carbons (Fsp3) is 0.600. The number of fused-ring (bicyclic) bond motifs is 1. The number of hydrogen-bond donors (Lipinski definition) is 2. The van der Waals surface area contributed by atoms with Crippen LogP contribution in [0.3, 0.4) is 0 Å². The first-order valence-electron chi connectivity index (χ1n) is 7.35. The van der Waals surface area contributed by atoms with Gasteiger partial charge in [0.2, 0.25) is 5.95 Å². The van der Waals surface area contributed by atoms with E-state index in [0.29, 0.717) is 5.95 Å². The summed E-state index contributed by atoms with van der Waals surface area (Å²) in [5, 5.41) is 7.75. The van der Waals surface area contributed by atoms with Gasteiger partial charge in [0.1, 0.15) is 10.6 Å². The molecule has 20 heavy (non-hydrogen) atoms. The highest BCUT2D eigenvalue weighted by Crippen LogP contribution is 2.32. The summed E-state index contributed by atoms with van der Waals surface area (Å²) in [6, 6.07) is 2.18. The molecule has 0 amide bonds. The summed E-state index contributed by atoms with van der Waals surface area (Å²) < 4.78 is 0. The third-order valence-electron chi connectivity index (χ3n) is 4.10. The van der Waals surface area contributed by atoms with Gasteiger partial charge in [-0.15, -0.1) is 11.3 Å². The molecule has 4 nitrogen and oxygen atoms in total. The molecule has 0 spiro atoms. The SMILES string of the molecule is CNc1nc(NCC2CCC(C)C2)c2cc(C)sc2n1. The second-order valence-corrected chi connectivity index (χ2v) is 7.12. The number of aromatic nitrogens is 2. The lowest BCUT2D eigenvalue weighted by atomic mass is 10.1. The van der Waals surface area contributed by atoms with Crippen LogP contribution < -0.4 is 10.6 Å². The van der Waals surface area contributed by atoms with Gasteiger partial charge in [0.15, 0.2) is 0 Å². The quantitative estimate of drug-likeness (QED) is 0.897. The van der Waals surface area contributed by atoms with E-state index in [9.17, 15) is 0 Å². The minimum absolute atomic E-state index is 0.696. The van der Waals surface area contributed by atoms with Crippen LogP contribution >= 0.6 is 11.3 Å². The fourth-order valence-electron chi connectivity index (χ4n) is 3.04. The lowest BCUT2D eigenvalue weighted by molar-refractivity contribution is 0.537. The first kappa shape index (κ1) is 13.6. The molecule has 2 N–H and O–H groups in total. The molecule has 108 valence electrons. The van der Waals surface area contributed by atoms with Crippen LogP contribution in [0.4, 0.5) is 11.8 Å². The molecule has 5 heteroatoms. The molecule has 3 rings (SSSR count). The minimum atomic E-state index is 0.696.